The molecule has 0 aliphatic carbocycles. The third kappa shape index (κ3) is 4.47. The van der Waals surface area contributed by atoms with Gasteiger partial charge in [0.25, 0.3) is 0 Å². The third-order valence-corrected chi connectivity index (χ3v) is 5.12. The topological polar surface area (TPSA) is 72.4 Å². The van der Waals surface area contributed by atoms with Crippen molar-refractivity contribution in [3.63, 3.8) is 0 Å². The van der Waals surface area contributed by atoms with Crippen LogP contribution in [0.1, 0.15) is 12.5 Å². The minimum Gasteiger partial charge on any atom is -0.361 e. The maximum absolute atomic E-state index is 13.4. The number of H-pyrrole nitrogens is 1. The van der Waals surface area contributed by atoms with Crippen molar-refractivity contribution in [2.45, 2.75) is 13.3 Å². The fourth-order valence-corrected chi connectivity index (χ4v) is 3.65. The molecule has 29 heavy (non-hydrogen) atoms. The molecule has 1 fully saturated rings. The summed E-state index contributed by atoms with van der Waals surface area (Å²) in [5.74, 6) is 1.50. The first-order valence-corrected chi connectivity index (χ1v) is 10.1. The molecule has 1 aliphatic heterocycles. The second-order valence-electron chi connectivity index (χ2n) is 7.01. The number of hydrogen-bond acceptors (Lipinski definition) is 4. The van der Waals surface area contributed by atoms with Crippen molar-refractivity contribution >= 4 is 22.8 Å². The van der Waals surface area contributed by atoms with Gasteiger partial charge in [-0.3, -0.25) is 4.99 Å². The van der Waals surface area contributed by atoms with Gasteiger partial charge in [-0.1, -0.05) is 0 Å². The molecular formula is C21H26FN7. The fourth-order valence-electron chi connectivity index (χ4n) is 3.65. The summed E-state index contributed by atoms with van der Waals surface area (Å²) in [6, 6.07) is 6.70. The van der Waals surface area contributed by atoms with Crippen LogP contribution in [0.15, 0.2) is 47.8 Å². The Labute approximate surface area is 169 Å². The summed E-state index contributed by atoms with van der Waals surface area (Å²) in [4.78, 5) is 21.1. The van der Waals surface area contributed by atoms with E-state index in [-0.39, 0.29) is 5.82 Å². The molecule has 0 atom stereocenters. The first-order valence-electron chi connectivity index (χ1n) is 10.1. The van der Waals surface area contributed by atoms with Crippen molar-refractivity contribution in [2.75, 3.05) is 44.2 Å². The normalized spacial score (nSPS) is 15.2. The van der Waals surface area contributed by atoms with Crippen molar-refractivity contribution in [1.82, 2.24) is 25.2 Å². The molecule has 0 saturated carbocycles. The Kier molecular flexibility index (Phi) is 5.88. The van der Waals surface area contributed by atoms with Crippen LogP contribution < -0.4 is 10.2 Å². The number of halogens is 1. The van der Waals surface area contributed by atoms with Crippen molar-refractivity contribution in [2.24, 2.45) is 4.99 Å². The molecule has 2 aromatic heterocycles. The fraction of sp³-hybridized carbons (Fsp3) is 0.381. The molecule has 152 valence electrons. The smallest absolute Gasteiger partial charge is 0.225 e. The highest BCUT2D eigenvalue weighted by Gasteiger charge is 2.21. The number of aliphatic imine (C=N–C) groups is 1. The summed E-state index contributed by atoms with van der Waals surface area (Å²) in [5.41, 5.74) is 1.99. The maximum atomic E-state index is 13.4. The van der Waals surface area contributed by atoms with Crippen LogP contribution in [-0.2, 0) is 6.42 Å². The predicted molar refractivity (Wildman–Crippen MR) is 114 cm³/mol. The van der Waals surface area contributed by atoms with Crippen molar-refractivity contribution in [1.29, 1.82) is 0 Å². The zero-order valence-corrected chi connectivity index (χ0v) is 16.6. The lowest BCUT2D eigenvalue weighted by Gasteiger charge is -2.36. The van der Waals surface area contributed by atoms with Gasteiger partial charge in [0.1, 0.15) is 5.82 Å². The molecule has 0 radical (unpaired) electrons. The molecule has 4 rings (SSSR count). The highest BCUT2D eigenvalue weighted by molar-refractivity contribution is 5.83. The highest BCUT2D eigenvalue weighted by atomic mass is 19.1. The number of aromatic nitrogens is 3. The maximum Gasteiger partial charge on any atom is 0.225 e. The summed E-state index contributed by atoms with van der Waals surface area (Å²) in [7, 11) is 0. The lowest BCUT2D eigenvalue weighted by atomic mass is 10.1. The molecule has 0 unspecified atom stereocenters. The number of nitrogens with zero attached hydrogens (tertiary/aromatic N) is 5. The summed E-state index contributed by atoms with van der Waals surface area (Å²) >= 11 is 0. The number of fused-ring (bicyclic) bond motifs is 1. The second-order valence-corrected chi connectivity index (χ2v) is 7.01. The predicted octanol–water partition coefficient (Wildman–Crippen LogP) is 2.43. The molecular weight excluding hydrogens is 369 g/mol. The van der Waals surface area contributed by atoms with Crippen molar-refractivity contribution in [3.8, 4) is 0 Å². The quantitative estimate of drug-likeness (QED) is 0.513. The van der Waals surface area contributed by atoms with Crippen LogP contribution in [-0.4, -0.2) is 65.1 Å². The van der Waals surface area contributed by atoms with Gasteiger partial charge in [-0.15, -0.1) is 0 Å². The number of nitrogens with one attached hydrogen (secondary N) is 2. The second kappa shape index (κ2) is 8.89. The van der Waals surface area contributed by atoms with Crippen LogP contribution in [0.5, 0.6) is 0 Å². The Hall–Kier alpha value is -3.16. The van der Waals surface area contributed by atoms with Gasteiger partial charge in [0.2, 0.25) is 5.95 Å². The lowest BCUT2D eigenvalue weighted by Crippen LogP contribution is -2.53. The number of benzene rings is 1. The van der Waals surface area contributed by atoms with Gasteiger partial charge in [0, 0.05) is 68.8 Å². The Morgan fingerprint density at radius 1 is 1.21 bits per heavy atom. The first kappa shape index (κ1) is 19.2. The third-order valence-electron chi connectivity index (χ3n) is 5.12. The van der Waals surface area contributed by atoms with Gasteiger partial charge >= 0.3 is 0 Å². The van der Waals surface area contributed by atoms with E-state index in [2.05, 4.69) is 37.0 Å². The summed E-state index contributed by atoms with van der Waals surface area (Å²) in [6.07, 6.45) is 6.31. The molecule has 1 aromatic carbocycles. The van der Waals surface area contributed by atoms with Crippen molar-refractivity contribution in [3.05, 3.63) is 54.2 Å². The molecule has 3 heterocycles. The number of anilines is 1. The van der Waals surface area contributed by atoms with Crippen LogP contribution in [0.3, 0.4) is 0 Å². The average molecular weight is 395 g/mol. The Bertz CT molecular complexity index is 962. The zero-order chi connectivity index (χ0) is 20.1. The van der Waals surface area contributed by atoms with Crippen LogP contribution >= 0.6 is 0 Å². The number of guanidine groups is 1. The zero-order valence-electron chi connectivity index (χ0n) is 16.6. The molecule has 8 heteroatoms. The first-order chi connectivity index (χ1) is 14.2. The van der Waals surface area contributed by atoms with Gasteiger partial charge in [0.05, 0.1) is 0 Å². The molecule has 1 aliphatic rings. The van der Waals surface area contributed by atoms with E-state index >= 15 is 0 Å². The van der Waals surface area contributed by atoms with E-state index in [0.717, 1.165) is 67.5 Å². The van der Waals surface area contributed by atoms with Gasteiger partial charge in [-0.25, -0.2) is 14.4 Å². The average Bonchev–Trinajstić information content (AvgIpc) is 3.16. The van der Waals surface area contributed by atoms with E-state index in [9.17, 15) is 4.39 Å². The summed E-state index contributed by atoms with van der Waals surface area (Å²) in [5, 5.41) is 4.46. The SMILES string of the molecule is CCNC(=NCCc1c[nH]c2cc(F)ccc12)N1CCN(c2ncccn2)CC1. The summed E-state index contributed by atoms with van der Waals surface area (Å²) < 4.78 is 13.4. The van der Waals surface area contributed by atoms with E-state index < -0.39 is 0 Å². The standard InChI is InChI=1S/C21H26FN7/c1-2-23-20(28-10-12-29(13-11-28)21-24-7-3-8-25-21)26-9-6-16-15-27-19-14-17(22)4-5-18(16)19/h3-5,7-8,14-15,27H,2,6,9-13H2,1H3,(H,23,26). The van der Waals surface area contributed by atoms with Crippen LogP contribution in [0, 0.1) is 5.82 Å². The van der Waals surface area contributed by atoms with E-state index in [1.807, 2.05) is 18.3 Å². The van der Waals surface area contributed by atoms with E-state index in [4.69, 9.17) is 4.99 Å². The Balaban J connectivity index is 1.38. The molecule has 0 amide bonds. The van der Waals surface area contributed by atoms with Crippen LogP contribution in [0.25, 0.3) is 10.9 Å². The molecule has 2 N–H and O–H groups in total. The van der Waals surface area contributed by atoms with Gasteiger partial charge in [-0.2, -0.15) is 0 Å². The van der Waals surface area contributed by atoms with E-state index in [1.165, 1.54) is 12.1 Å². The van der Waals surface area contributed by atoms with E-state index in [1.54, 1.807) is 12.4 Å². The Morgan fingerprint density at radius 2 is 2.00 bits per heavy atom. The minimum absolute atomic E-state index is 0.224. The van der Waals surface area contributed by atoms with Gasteiger partial charge in [-0.05, 0) is 43.2 Å². The molecule has 1 saturated heterocycles. The van der Waals surface area contributed by atoms with Crippen LogP contribution in [0.2, 0.25) is 0 Å². The number of rotatable bonds is 5. The summed E-state index contributed by atoms with van der Waals surface area (Å²) in [6.45, 7) is 7.05. The Morgan fingerprint density at radius 3 is 2.76 bits per heavy atom. The largest absolute Gasteiger partial charge is 0.361 e. The van der Waals surface area contributed by atoms with Gasteiger partial charge in [0.15, 0.2) is 5.96 Å². The molecule has 3 aromatic rings. The minimum atomic E-state index is -0.224. The van der Waals surface area contributed by atoms with E-state index in [0.29, 0.717) is 6.54 Å². The molecule has 0 bridgehead atoms. The number of hydrogen-bond donors (Lipinski definition) is 2. The molecule has 7 nitrogen and oxygen atoms in total. The lowest BCUT2D eigenvalue weighted by molar-refractivity contribution is 0.370. The molecule has 0 spiro atoms. The number of piperazine rings is 1. The highest BCUT2D eigenvalue weighted by Crippen LogP contribution is 2.19. The number of aromatic amines is 1. The van der Waals surface area contributed by atoms with Gasteiger partial charge < -0.3 is 20.1 Å². The monoisotopic (exact) mass is 395 g/mol. The van der Waals surface area contributed by atoms with Crippen molar-refractivity contribution < 1.29 is 4.39 Å². The van der Waals surface area contributed by atoms with Crippen LogP contribution in [0.4, 0.5) is 10.3 Å².